The zero-order valence-electron chi connectivity index (χ0n) is 20.1. The molecular formula is C25H30FN5O5S. The smallest absolute Gasteiger partial charge is 0.320 e. The fraction of sp³-hybridized carbons (Fsp3) is 0.320. The van der Waals surface area contributed by atoms with Crippen LogP contribution in [0.3, 0.4) is 0 Å². The zero-order valence-corrected chi connectivity index (χ0v) is 21.0. The molecule has 2 aromatic carbocycles. The number of nitrogens with two attached hydrogens (primary N) is 1. The predicted molar refractivity (Wildman–Crippen MR) is 141 cm³/mol. The monoisotopic (exact) mass is 531 g/mol. The van der Waals surface area contributed by atoms with Gasteiger partial charge in [0.25, 0.3) is 0 Å². The maximum absolute atomic E-state index is 15.0. The number of nitrogen functional groups attached to an aromatic ring is 1. The summed E-state index contributed by atoms with van der Waals surface area (Å²) in [6.07, 6.45) is 4.03. The number of halogens is 1. The van der Waals surface area contributed by atoms with Crippen molar-refractivity contribution in [2.24, 2.45) is 5.73 Å². The summed E-state index contributed by atoms with van der Waals surface area (Å²) in [5.41, 5.74) is 6.32. The molecule has 1 aliphatic heterocycles. The summed E-state index contributed by atoms with van der Waals surface area (Å²) in [5.74, 6) is -3.26. The molecule has 0 aliphatic carbocycles. The number of anilines is 1. The number of sulfonamides is 1. The van der Waals surface area contributed by atoms with Crippen LogP contribution in [0.4, 0.5) is 10.1 Å². The van der Waals surface area contributed by atoms with Gasteiger partial charge in [0.15, 0.2) is 5.75 Å². The van der Waals surface area contributed by atoms with Crippen LogP contribution in [0, 0.1) is 10.8 Å². The highest BCUT2D eigenvalue weighted by molar-refractivity contribution is 7.93. The molecule has 0 aromatic heterocycles. The van der Waals surface area contributed by atoms with Gasteiger partial charge in [0, 0.05) is 31.4 Å². The highest BCUT2D eigenvalue weighted by Crippen LogP contribution is 2.26. The van der Waals surface area contributed by atoms with Gasteiger partial charge >= 0.3 is 5.97 Å². The van der Waals surface area contributed by atoms with Crippen LogP contribution in [0.2, 0.25) is 0 Å². The number of amidine groups is 1. The number of carboxylic acids is 1. The molecular weight excluding hydrogens is 501 g/mol. The molecule has 1 saturated heterocycles. The van der Waals surface area contributed by atoms with Crippen molar-refractivity contribution in [3.63, 3.8) is 0 Å². The average molecular weight is 532 g/mol. The molecule has 0 bridgehead atoms. The summed E-state index contributed by atoms with van der Waals surface area (Å²) in [4.78, 5) is 13.3. The molecule has 3 rings (SSSR count). The molecule has 0 unspecified atom stereocenters. The summed E-state index contributed by atoms with van der Waals surface area (Å²) in [7, 11) is -4.40. The SMILES string of the molecule is N=CCN1CCC(Oc2ccc(N(CC(F)=Cc3cccc(C(=N)N)c3)S(=O)(=O)CC(=O)O)cc2)CC1. The van der Waals surface area contributed by atoms with Crippen molar-refractivity contribution in [1.82, 2.24) is 4.90 Å². The zero-order chi connectivity index (χ0) is 27.0. The minimum absolute atomic E-state index is 0.0224. The maximum atomic E-state index is 15.0. The van der Waals surface area contributed by atoms with Gasteiger partial charge in [-0.1, -0.05) is 18.2 Å². The molecule has 0 radical (unpaired) electrons. The molecule has 1 heterocycles. The van der Waals surface area contributed by atoms with E-state index in [-0.39, 0.29) is 17.6 Å². The molecule has 10 nitrogen and oxygen atoms in total. The third-order valence-electron chi connectivity index (χ3n) is 5.77. The number of carboxylic acid groups (broad SMARTS) is 1. The quantitative estimate of drug-likeness (QED) is 0.242. The number of rotatable bonds is 12. The van der Waals surface area contributed by atoms with Crippen LogP contribution in [-0.4, -0.2) is 74.5 Å². The molecule has 198 valence electrons. The third kappa shape index (κ3) is 8.12. The van der Waals surface area contributed by atoms with Crippen LogP contribution in [-0.2, 0) is 14.8 Å². The average Bonchev–Trinajstić information content (AvgIpc) is 2.84. The van der Waals surface area contributed by atoms with Crippen molar-refractivity contribution in [2.75, 3.05) is 36.2 Å². The first kappa shape index (κ1) is 27.8. The van der Waals surface area contributed by atoms with Gasteiger partial charge in [0.05, 0.1) is 12.2 Å². The molecule has 2 aromatic rings. The van der Waals surface area contributed by atoms with Gasteiger partial charge in [0.1, 0.15) is 23.5 Å². The van der Waals surface area contributed by atoms with Gasteiger partial charge < -0.3 is 21.0 Å². The lowest BCUT2D eigenvalue weighted by Crippen LogP contribution is -2.39. The number of hydrogen-bond donors (Lipinski definition) is 4. The van der Waals surface area contributed by atoms with Crippen molar-refractivity contribution in [1.29, 1.82) is 10.8 Å². The number of ether oxygens (including phenoxy) is 1. The van der Waals surface area contributed by atoms with Gasteiger partial charge in [-0.25, -0.2) is 12.8 Å². The first-order valence-electron chi connectivity index (χ1n) is 11.6. The number of hydrogen-bond acceptors (Lipinski definition) is 7. The normalized spacial score (nSPS) is 15.2. The van der Waals surface area contributed by atoms with Crippen LogP contribution in [0.15, 0.2) is 54.4 Å². The second-order valence-electron chi connectivity index (χ2n) is 8.60. The van der Waals surface area contributed by atoms with E-state index in [1.54, 1.807) is 30.3 Å². The van der Waals surface area contributed by atoms with Crippen LogP contribution < -0.4 is 14.8 Å². The second-order valence-corrected chi connectivity index (χ2v) is 10.5. The van der Waals surface area contributed by atoms with Gasteiger partial charge in [-0.05, 0) is 54.8 Å². The summed E-state index contributed by atoms with van der Waals surface area (Å²) in [5, 5.41) is 23.8. The Hall–Kier alpha value is -3.77. The van der Waals surface area contributed by atoms with Gasteiger partial charge in [0.2, 0.25) is 10.0 Å². The van der Waals surface area contributed by atoms with E-state index in [0.717, 1.165) is 32.0 Å². The van der Waals surface area contributed by atoms with E-state index in [4.69, 9.17) is 26.4 Å². The second kappa shape index (κ2) is 12.5. The minimum atomic E-state index is -4.40. The number of likely N-dealkylation sites (tertiary alicyclic amines) is 1. The van der Waals surface area contributed by atoms with Crippen molar-refractivity contribution in [3.8, 4) is 5.75 Å². The van der Waals surface area contributed by atoms with E-state index < -0.39 is 34.1 Å². The largest absolute Gasteiger partial charge is 0.490 e. The minimum Gasteiger partial charge on any atom is -0.490 e. The number of nitrogens with one attached hydrogen (secondary N) is 2. The molecule has 0 spiro atoms. The summed E-state index contributed by atoms with van der Waals surface area (Å²) in [6.45, 7) is 1.50. The van der Waals surface area contributed by atoms with E-state index in [0.29, 0.717) is 27.7 Å². The van der Waals surface area contributed by atoms with Gasteiger partial charge in [-0.15, -0.1) is 0 Å². The Morgan fingerprint density at radius 2 is 1.89 bits per heavy atom. The fourth-order valence-electron chi connectivity index (χ4n) is 3.97. The van der Waals surface area contributed by atoms with E-state index in [1.807, 2.05) is 0 Å². The van der Waals surface area contributed by atoms with E-state index in [1.165, 1.54) is 24.4 Å². The number of piperidine rings is 1. The highest BCUT2D eigenvalue weighted by Gasteiger charge is 2.27. The molecule has 0 amide bonds. The molecule has 5 N–H and O–H groups in total. The Bertz CT molecular complexity index is 1260. The Morgan fingerprint density at radius 1 is 1.22 bits per heavy atom. The lowest BCUT2D eigenvalue weighted by molar-refractivity contribution is -0.134. The lowest BCUT2D eigenvalue weighted by Gasteiger charge is -2.31. The number of aliphatic carboxylic acids is 1. The number of carbonyl (C=O) groups is 1. The van der Waals surface area contributed by atoms with E-state index in [2.05, 4.69) is 4.90 Å². The van der Waals surface area contributed by atoms with Crippen molar-refractivity contribution >= 4 is 39.8 Å². The lowest BCUT2D eigenvalue weighted by atomic mass is 10.1. The maximum Gasteiger partial charge on any atom is 0.320 e. The summed E-state index contributed by atoms with van der Waals surface area (Å²) < 4.78 is 47.3. The van der Waals surface area contributed by atoms with Gasteiger partial charge in [-0.2, -0.15) is 0 Å². The van der Waals surface area contributed by atoms with E-state index in [9.17, 15) is 17.6 Å². The first-order chi connectivity index (χ1) is 17.6. The van der Waals surface area contributed by atoms with Crippen molar-refractivity contribution < 1.29 is 27.4 Å². The molecule has 1 fully saturated rings. The van der Waals surface area contributed by atoms with Crippen molar-refractivity contribution in [3.05, 3.63) is 65.5 Å². The third-order valence-corrected chi connectivity index (χ3v) is 7.39. The Kier molecular flexibility index (Phi) is 9.36. The van der Waals surface area contributed by atoms with Crippen LogP contribution in [0.25, 0.3) is 6.08 Å². The molecule has 0 saturated carbocycles. The Morgan fingerprint density at radius 3 is 2.49 bits per heavy atom. The Labute approximate surface area is 215 Å². The number of benzene rings is 2. The van der Waals surface area contributed by atoms with Gasteiger partial charge in [-0.3, -0.25) is 19.4 Å². The summed E-state index contributed by atoms with van der Waals surface area (Å²) >= 11 is 0. The molecule has 12 heteroatoms. The van der Waals surface area contributed by atoms with Crippen LogP contribution in [0.5, 0.6) is 5.75 Å². The highest BCUT2D eigenvalue weighted by atomic mass is 32.2. The van der Waals surface area contributed by atoms with Crippen molar-refractivity contribution in [2.45, 2.75) is 18.9 Å². The first-order valence-corrected chi connectivity index (χ1v) is 13.2. The summed E-state index contributed by atoms with van der Waals surface area (Å²) in [6, 6.07) is 12.3. The number of nitrogens with zero attached hydrogens (tertiary/aromatic N) is 2. The molecule has 1 aliphatic rings. The topological polar surface area (TPSA) is 161 Å². The molecule has 37 heavy (non-hydrogen) atoms. The van der Waals surface area contributed by atoms with E-state index >= 15 is 0 Å². The van der Waals surface area contributed by atoms with Crippen LogP contribution in [0.1, 0.15) is 24.0 Å². The standard InChI is InChI=1S/C25H30FN5O5S/c26-20(15-18-2-1-3-19(14-18)25(28)29)16-31(37(34,35)17-24(32)33)21-4-6-22(7-5-21)36-23-8-11-30(12-9-23)13-10-27/h1-7,10,14-15,23,27H,8-9,11-13,16-17H2,(H3,28,29)(H,32,33). The fourth-order valence-corrected chi connectivity index (χ4v) is 5.20. The van der Waals surface area contributed by atoms with Crippen LogP contribution >= 0.6 is 0 Å². The Balaban J connectivity index is 1.78. The predicted octanol–water partition coefficient (Wildman–Crippen LogP) is 2.69. The molecule has 0 atom stereocenters.